The van der Waals surface area contributed by atoms with Gasteiger partial charge < -0.3 is 9.53 Å². The third kappa shape index (κ3) is 2.27. The van der Waals surface area contributed by atoms with Gasteiger partial charge in [0, 0.05) is 12.0 Å². The van der Waals surface area contributed by atoms with Crippen LogP contribution in [0.4, 0.5) is 0 Å². The second-order valence-corrected chi connectivity index (χ2v) is 3.13. The van der Waals surface area contributed by atoms with Crippen LogP contribution in [-0.4, -0.2) is 24.4 Å². The van der Waals surface area contributed by atoms with Crippen molar-refractivity contribution >= 4 is 17.9 Å². The van der Waals surface area contributed by atoms with Crippen molar-refractivity contribution in [3.05, 3.63) is 0 Å². The number of carbonyl (C=O) groups is 1. The molecule has 0 aliphatic carbocycles. The molecular weight excluding hydrogens is 152 g/mol. The summed E-state index contributed by atoms with van der Waals surface area (Å²) in [5.41, 5.74) is 0. The van der Waals surface area contributed by atoms with Crippen LogP contribution in [0.1, 0.15) is 19.3 Å². The Morgan fingerprint density at radius 2 is 2.20 bits per heavy atom. The molecule has 0 radical (unpaired) electrons. The van der Waals surface area contributed by atoms with Crippen molar-refractivity contribution in [1.82, 2.24) is 0 Å². The van der Waals surface area contributed by atoms with E-state index < -0.39 is 0 Å². The molecule has 10 heavy (non-hydrogen) atoms. The van der Waals surface area contributed by atoms with E-state index in [9.17, 15) is 4.79 Å². The van der Waals surface area contributed by atoms with Gasteiger partial charge in [0.05, 0.1) is 0 Å². The predicted octanol–water partition coefficient (Wildman–Crippen LogP) is 1.36. The first-order valence-electron chi connectivity index (χ1n) is 3.54. The van der Waals surface area contributed by atoms with Crippen molar-refractivity contribution in [3.63, 3.8) is 0 Å². The molecule has 0 spiro atoms. The summed E-state index contributed by atoms with van der Waals surface area (Å²) < 4.78 is 5.17. The minimum atomic E-state index is -0.205. The van der Waals surface area contributed by atoms with Gasteiger partial charge in [0.1, 0.15) is 12.4 Å². The molecule has 1 aliphatic rings. The fourth-order valence-electron chi connectivity index (χ4n) is 1.03. The van der Waals surface area contributed by atoms with E-state index in [1.54, 1.807) is 0 Å². The van der Waals surface area contributed by atoms with E-state index in [1.165, 1.54) is 0 Å². The van der Waals surface area contributed by atoms with Gasteiger partial charge in [-0.2, -0.15) is 0 Å². The maximum Gasteiger partial charge on any atom is 0.148 e. The standard InChI is InChI=1S/C7H11ClO2/c8-6-1-2-7(5-9)10-4-3-6/h5-7H,1-4H2. The number of alkyl halides is 1. The Labute approximate surface area is 65.5 Å². The first kappa shape index (κ1) is 8.02. The third-order valence-corrected chi connectivity index (χ3v) is 2.12. The Bertz CT molecular complexity index is 116. The summed E-state index contributed by atoms with van der Waals surface area (Å²) in [5, 5.41) is 0.199. The van der Waals surface area contributed by atoms with E-state index in [-0.39, 0.29) is 11.5 Å². The molecule has 3 heteroatoms. The number of carbonyl (C=O) groups excluding carboxylic acids is 1. The van der Waals surface area contributed by atoms with Crippen LogP contribution in [0.2, 0.25) is 0 Å². The second-order valence-electron chi connectivity index (χ2n) is 2.51. The SMILES string of the molecule is O=CC1CCC(Cl)CCO1. The van der Waals surface area contributed by atoms with E-state index >= 15 is 0 Å². The van der Waals surface area contributed by atoms with Crippen LogP contribution in [0.15, 0.2) is 0 Å². The quantitative estimate of drug-likeness (QED) is 0.430. The van der Waals surface area contributed by atoms with Crippen LogP contribution >= 0.6 is 11.6 Å². The third-order valence-electron chi connectivity index (χ3n) is 1.68. The first-order valence-corrected chi connectivity index (χ1v) is 3.97. The molecule has 2 unspecified atom stereocenters. The highest BCUT2D eigenvalue weighted by Crippen LogP contribution is 2.16. The molecular formula is C7H11ClO2. The molecule has 1 fully saturated rings. The van der Waals surface area contributed by atoms with Crippen molar-refractivity contribution in [2.75, 3.05) is 6.61 Å². The molecule has 0 aromatic rings. The van der Waals surface area contributed by atoms with Gasteiger partial charge >= 0.3 is 0 Å². The van der Waals surface area contributed by atoms with Crippen molar-refractivity contribution in [2.24, 2.45) is 0 Å². The Hall–Kier alpha value is -0.0800. The van der Waals surface area contributed by atoms with Gasteiger partial charge in [-0.25, -0.2) is 0 Å². The lowest BCUT2D eigenvalue weighted by molar-refractivity contribution is -0.117. The number of hydrogen-bond donors (Lipinski definition) is 0. The molecule has 2 atom stereocenters. The average molecular weight is 163 g/mol. The smallest absolute Gasteiger partial charge is 0.148 e. The van der Waals surface area contributed by atoms with E-state index in [0.717, 1.165) is 25.5 Å². The lowest BCUT2D eigenvalue weighted by Crippen LogP contribution is -2.12. The topological polar surface area (TPSA) is 26.3 Å². The van der Waals surface area contributed by atoms with Crippen LogP contribution in [0.5, 0.6) is 0 Å². The second kappa shape index (κ2) is 3.94. The Morgan fingerprint density at radius 3 is 2.90 bits per heavy atom. The van der Waals surface area contributed by atoms with E-state index in [4.69, 9.17) is 16.3 Å². The summed E-state index contributed by atoms with van der Waals surface area (Å²) >= 11 is 5.85. The van der Waals surface area contributed by atoms with Crippen molar-refractivity contribution < 1.29 is 9.53 Å². The summed E-state index contributed by atoms with van der Waals surface area (Å²) in [4.78, 5) is 10.3. The molecule has 0 N–H and O–H groups in total. The van der Waals surface area contributed by atoms with Gasteiger partial charge in [0.15, 0.2) is 0 Å². The molecule has 0 aromatic heterocycles. The Morgan fingerprint density at radius 1 is 1.40 bits per heavy atom. The van der Waals surface area contributed by atoms with Gasteiger partial charge in [-0.3, -0.25) is 0 Å². The normalized spacial score (nSPS) is 34.9. The molecule has 2 nitrogen and oxygen atoms in total. The molecule has 0 bridgehead atoms. The van der Waals surface area contributed by atoms with Crippen molar-refractivity contribution in [3.8, 4) is 0 Å². The van der Waals surface area contributed by atoms with Crippen LogP contribution < -0.4 is 0 Å². The maximum absolute atomic E-state index is 10.3. The largest absolute Gasteiger partial charge is 0.371 e. The molecule has 1 aliphatic heterocycles. The van der Waals surface area contributed by atoms with Crippen LogP contribution in [0.25, 0.3) is 0 Å². The summed E-state index contributed by atoms with van der Waals surface area (Å²) in [6, 6.07) is 0. The molecule has 0 amide bonds. The highest BCUT2D eigenvalue weighted by Gasteiger charge is 2.16. The van der Waals surface area contributed by atoms with Crippen LogP contribution in [0, 0.1) is 0 Å². The predicted molar refractivity (Wildman–Crippen MR) is 39.3 cm³/mol. The lowest BCUT2D eigenvalue weighted by Gasteiger charge is -2.04. The monoisotopic (exact) mass is 162 g/mol. The van der Waals surface area contributed by atoms with Crippen molar-refractivity contribution in [2.45, 2.75) is 30.7 Å². The lowest BCUT2D eigenvalue weighted by atomic mass is 10.1. The number of aldehydes is 1. The molecule has 1 rings (SSSR count). The fraction of sp³-hybridized carbons (Fsp3) is 0.857. The van der Waals surface area contributed by atoms with E-state index in [1.807, 2.05) is 0 Å². The summed E-state index contributed by atoms with van der Waals surface area (Å²) in [7, 11) is 0. The minimum absolute atomic E-state index is 0.199. The summed E-state index contributed by atoms with van der Waals surface area (Å²) in [5.74, 6) is 0. The van der Waals surface area contributed by atoms with Crippen LogP contribution in [-0.2, 0) is 9.53 Å². The van der Waals surface area contributed by atoms with Gasteiger partial charge in [0.2, 0.25) is 0 Å². The van der Waals surface area contributed by atoms with Gasteiger partial charge in [-0.1, -0.05) is 0 Å². The number of halogens is 1. The Kier molecular flexibility index (Phi) is 3.16. The fourth-order valence-corrected chi connectivity index (χ4v) is 1.24. The zero-order valence-electron chi connectivity index (χ0n) is 5.75. The van der Waals surface area contributed by atoms with Gasteiger partial charge in [-0.05, 0) is 19.3 Å². The minimum Gasteiger partial charge on any atom is -0.371 e. The Balaban J connectivity index is 2.32. The average Bonchev–Trinajstić information content (AvgIpc) is 2.14. The van der Waals surface area contributed by atoms with Crippen molar-refractivity contribution in [1.29, 1.82) is 0 Å². The molecule has 1 saturated heterocycles. The van der Waals surface area contributed by atoms with Gasteiger partial charge in [-0.15, -0.1) is 11.6 Å². The molecule has 1 heterocycles. The highest BCUT2D eigenvalue weighted by atomic mass is 35.5. The number of rotatable bonds is 1. The number of ether oxygens (including phenoxy) is 1. The highest BCUT2D eigenvalue weighted by molar-refractivity contribution is 6.20. The zero-order valence-corrected chi connectivity index (χ0v) is 6.51. The number of hydrogen-bond acceptors (Lipinski definition) is 2. The van der Waals surface area contributed by atoms with E-state index in [2.05, 4.69) is 0 Å². The molecule has 0 aromatic carbocycles. The molecule has 58 valence electrons. The first-order chi connectivity index (χ1) is 4.83. The zero-order chi connectivity index (χ0) is 7.40. The summed E-state index contributed by atoms with van der Waals surface area (Å²) in [6.07, 6.45) is 3.19. The van der Waals surface area contributed by atoms with E-state index in [0.29, 0.717) is 6.61 Å². The maximum atomic E-state index is 10.3. The summed E-state index contributed by atoms with van der Waals surface area (Å²) in [6.45, 7) is 0.623. The van der Waals surface area contributed by atoms with Gasteiger partial charge in [0.25, 0.3) is 0 Å². The van der Waals surface area contributed by atoms with Crippen LogP contribution in [0.3, 0.4) is 0 Å². The molecule has 0 saturated carbocycles.